The number of likely N-dealkylation sites (N-methyl/N-ethyl adjacent to an activating group) is 1. The highest BCUT2D eigenvalue weighted by Gasteiger charge is 2.32. The summed E-state index contributed by atoms with van der Waals surface area (Å²) in [5.41, 5.74) is 2.45. The van der Waals surface area contributed by atoms with E-state index >= 15 is 0 Å². The molecule has 0 saturated heterocycles. The molecule has 0 saturated carbocycles. The number of urea groups is 2. The molecule has 5 rings (SSSR count). The van der Waals surface area contributed by atoms with Gasteiger partial charge in [-0.05, 0) is 48.7 Å². The third-order valence-electron chi connectivity index (χ3n) is 8.04. The van der Waals surface area contributed by atoms with E-state index in [9.17, 15) is 19.5 Å². The number of carbonyl (C=O) groups is 3. The van der Waals surface area contributed by atoms with Gasteiger partial charge in [-0.15, -0.1) is 0 Å². The van der Waals surface area contributed by atoms with E-state index in [2.05, 4.69) is 16.0 Å². The van der Waals surface area contributed by atoms with Crippen molar-refractivity contribution >= 4 is 45.8 Å². The zero-order chi connectivity index (χ0) is 31.9. The van der Waals surface area contributed by atoms with E-state index in [1.54, 1.807) is 54.1 Å². The summed E-state index contributed by atoms with van der Waals surface area (Å²) in [7, 11) is 1.71. The molecule has 0 aliphatic carbocycles. The van der Waals surface area contributed by atoms with Crippen molar-refractivity contribution in [3.8, 4) is 5.75 Å². The maximum absolute atomic E-state index is 13.5. The van der Waals surface area contributed by atoms with E-state index in [0.29, 0.717) is 34.9 Å². The largest absolute Gasteiger partial charge is 0.488 e. The molecule has 3 atom stereocenters. The molecule has 0 bridgehead atoms. The van der Waals surface area contributed by atoms with Crippen LogP contribution < -0.4 is 20.7 Å². The fourth-order valence-electron chi connectivity index (χ4n) is 5.44. The molecule has 1 heterocycles. The van der Waals surface area contributed by atoms with Gasteiger partial charge in [-0.1, -0.05) is 61.5 Å². The number of aliphatic hydroxyl groups is 1. The van der Waals surface area contributed by atoms with Crippen LogP contribution in [-0.2, 0) is 11.2 Å². The number of hydrogen-bond acceptors (Lipinski definition) is 5. The molecule has 0 aromatic heterocycles. The molecule has 45 heavy (non-hydrogen) atoms. The smallest absolute Gasteiger partial charge is 0.323 e. The van der Waals surface area contributed by atoms with Crippen molar-refractivity contribution in [1.82, 2.24) is 9.80 Å². The first kappa shape index (κ1) is 31.3. The Labute approximate surface area is 263 Å². The third kappa shape index (κ3) is 7.71. The fourth-order valence-corrected chi connectivity index (χ4v) is 5.44. The minimum Gasteiger partial charge on any atom is -0.488 e. The van der Waals surface area contributed by atoms with Crippen LogP contribution in [0.4, 0.5) is 26.7 Å². The van der Waals surface area contributed by atoms with Crippen LogP contribution in [0, 0.1) is 5.92 Å². The minimum atomic E-state index is -0.480. The molecule has 1 aliphatic heterocycles. The Morgan fingerprint density at radius 3 is 2.44 bits per heavy atom. The number of rotatable bonds is 7. The average Bonchev–Trinajstić information content (AvgIpc) is 3.08. The average molecular weight is 610 g/mol. The number of nitrogens with zero attached hydrogens (tertiary/aromatic N) is 2. The van der Waals surface area contributed by atoms with Gasteiger partial charge in [0.25, 0.3) is 0 Å². The Kier molecular flexibility index (Phi) is 9.84. The van der Waals surface area contributed by atoms with E-state index in [1.165, 1.54) is 0 Å². The Morgan fingerprint density at radius 2 is 1.67 bits per heavy atom. The highest BCUT2D eigenvalue weighted by atomic mass is 16.5. The molecule has 4 aromatic carbocycles. The lowest BCUT2D eigenvalue weighted by Gasteiger charge is -2.34. The number of para-hydroxylation sites is 1. The second-order valence-corrected chi connectivity index (χ2v) is 11.5. The predicted octanol–water partition coefficient (Wildman–Crippen LogP) is 5.80. The number of amides is 5. The van der Waals surface area contributed by atoms with E-state index in [-0.39, 0.29) is 37.4 Å². The fraction of sp³-hybridized carbons (Fsp3) is 0.286. The van der Waals surface area contributed by atoms with Gasteiger partial charge in [0.1, 0.15) is 11.9 Å². The highest BCUT2D eigenvalue weighted by molar-refractivity contribution is 6.01. The lowest BCUT2D eigenvalue weighted by atomic mass is 10.0. The van der Waals surface area contributed by atoms with Gasteiger partial charge in [0.2, 0.25) is 5.91 Å². The van der Waals surface area contributed by atoms with Gasteiger partial charge >= 0.3 is 12.1 Å². The summed E-state index contributed by atoms with van der Waals surface area (Å²) >= 11 is 0. The summed E-state index contributed by atoms with van der Waals surface area (Å²) in [4.78, 5) is 42.8. The predicted molar refractivity (Wildman–Crippen MR) is 177 cm³/mol. The summed E-state index contributed by atoms with van der Waals surface area (Å²) < 4.78 is 6.54. The number of fused-ring (bicyclic) bond motifs is 2. The van der Waals surface area contributed by atoms with E-state index in [0.717, 1.165) is 10.8 Å². The van der Waals surface area contributed by atoms with Crippen LogP contribution in [0.2, 0.25) is 0 Å². The van der Waals surface area contributed by atoms with Gasteiger partial charge in [-0.3, -0.25) is 4.79 Å². The molecule has 4 N–H and O–H groups in total. The lowest BCUT2D eigenvalue weighted by molar-refractivity contribution is -0.134. The number of nitrogens with one attached hydrogen (secondary N) is 3. The zero-order valence-corrected chi connectivity index (χ0v) is 25.7. The minimum absolute atomic E-state index is 0.0202. The second-order valence-electron chi connectivity index (χ2n) is 11.5. The third-order valence-corrected chi connectivity index (χ3v) is 8.04. The summed E-state index contributed by atoms with van der Waals surface area (Å²) in [6, 6.07) is 26.8. The van der Waals surface area contributed by atoms with Crippen molar-refractivity contribution in [2.24, 2.45) is 5.92 Å². The molecular formula is C35H39N5O5. The van der Waals surface area contributed by atoms with Crippen LogP contribution in [0.3, 0.4) is 0 Å². The topological polar surface area (TPSA) is 123 Å². The molecule has 5 amide bonds. The molecule has 4 aromatic rings. The van der Waals surface area contributed by atoms with Gasteiger partial charge < -0.3 is 35.6 Å². The van der Waals surface area contributed by atoms with Gasteiger partial charge in [-0.2, -0.15) is 0 Å². The first-order valence-electron chi connectivity index (χ1n) is 15.0. The van der Waals surface area contributed by atoms with Crippen LogP contribution in [-0.4, -0.2) is 71.8 Å². The van der Waals surface area contributed by atoms with Crippen molar-refractivity contribution in [2.45, 2.75) is 32.4 Å². The van der Waals surface area contributed by atoms with Crippen molar-refractivity contribution in [3.05, 3.63) is 96.6 Å². The van der Waals surface area contributed by atoms with E-state index < -0.39 is 18.2 Å². The standard InChI is InChI=1S/C35H39N5O5/c1-23-20-40(24(2)22-41)33(42)19-26-18-28(37-34(43)36-27-12-5-4-6-13-27)16-17-31(26)45-32(23)21-39(3)35(44)38-30-15-9-11-25-10-7-8-14-29(25)30/h4-18,23-24,32,41H,19-22H2,1-3H3,(H,38,44)(H2,36,37,43)/t23-,24-,32+/m1/s1. The Balaban J connectivity index is 1.36. The summed E-state index contributed by atoms with van der Waals surface area (Å²) in [6.07, 6.45) is -0.460. The highest BCUT2D eigenvalue weighted by Crippen LogP contribution is 2.30. The van der Waals surface area contributed by atoms with Crippen molar-refractivity contribution in [1.29, 1.82) is 0 Å². The molecule has 234 valence electrons. The van der Waals surface area contributed by atoms with Crippen molar-refractivity contribution in [3.63, 3.8) is 0 Å². The lowest BCUT2D eigenvalue weighted by Crippen LogP contribution is -2.48. The summed E-state index contributed by atoms with van der Waals surface area (Å²) in [6.45, 7) is 4.16. The Hall–Kier alpha value is -5.09. The summed E-state index contributed by atoms with van der Waals surface area (Å²) in [5, 5.41) is 20.5. The maximum atomic E-state index is 13.5. The van der Waals surface area contributed by atoms with Gasteiger partial charge in [0.15, 0.2) is 0 Å². The second kappa shape index (κ2) is 14.1. The number of hydrogen-bond donors (Lipinski definition) is 4. The molecule has 0 radical (unpaired) electrons. The van der Waals surface area contributed by atoms with Crippen molar-refractivity contribution in [2.75, 3.05) is 42.7 Å². The number of ether oxygens (including phenoxy) is 1. The molecule has 0 spiro atoms. The van der Waals surface area contributed by atoms with Gasteiger partial charge in [0.05, 0.1) is 31.3 Å². The van der Waals surface area contributed by atoms with Crippen LogP contribution in [0.25, 0.3) is 10.8 Å². The zero-order valence-electron chi connectivity index (χ0n) is 25.7. The number of anilines is 3. The molecule has 0 fully saturated rings. The monoisotopic (exact) mass is 609 g/mol. The Morgan fingerprint density at radius 1 is 0.956 bits per heavy atom. The molecule has 10 nitrogen and oxygen atoms in total. The van der Waals surface area contributed by atoms with Gasteiger partial charge in [-0.25, -0.2) is 9.59 Å². The first-order valence-corrected chi connectivity index (χ1v) is 15.0. The molecule has 10 heteroatoms. The Bertz CT molecular complexity index is 1660. The summed E-state index contributed by atoms with van der Waals surface area (Å²) in [5.74, 6) is 0.147. The van der Waals surface area contributed by atoms with Crippen LogP contribution in [0.1, 0.15) is 19.4 Å². The number of aliphatic hydroxyl groups excluding tert-OH is 1. The number of benzene rings is 4. The molecular weight excluding hydrogens is 570 g/mol. The van der Waals surface area contributed by atoms with E-state index in [1.807, 2.05) is 67.6 Å². The normalized spacial score (nSPS) is 17.2. The molecule has 1 aliphatic rings. The van der Waals surface area contributed by atoms with Crippen molar-refractivity contribution < 1.29 is 24.2 Å². The SMILES string of the molecule is C[C@@H]1CN([C@H](C)CO)C(=O)Cc2cc(NC(=O)Nc3ccccc3)ccc2O[C@H]1CN(C)C(=O)Nc1cccc2ccccc12. The molecule has 0 unspecified atom stereocenters. The maximum Gasteiger partial charge on any atom is 0.323 e. The van der Waals surface area contributed by atoms with Gasteiger partial charge in [0, 0.05) is 41.8 Å². The van der Waals surface area contributed by atoms with E-state index in [4.69, 9.17) is 4.74 Å². The van der Waals surface area contributed by atoms with Crippen LogP contribution >= 0.6 is 0 Å². The van der Waals surface area contributed by atoms with Crippen LogP contribution in [0.15, 0.2) is 91.0 Å². The quantitative estimate of drug-likeness (QED) is 0.211. The first-order chi connectivity index (χ1) is 21.7. The number of carbonyl (C=O) groups excluding carboxylic acids is 3. The van der Waals surface area contributed by atoms with Crippen LogP contribution in [0.5, 0.6) is 5.75 Å².